The lowest BCUT2D eigenvalue weighted by molar-refractivity contribution is -0.147. The fourth-order valence-corrected chi connectivity index (χ4v) is 3.63. The lowest BCUT2D eigenvalue weighted by atomic mass is 9.95. The molecular formula is C28H34O6. The van der Waals surface area contributed by atoms with Crippen LogP contribution in [0, 0.1) is 25.7 Å². The molecule has 0 bridgehead atoms. The van der Waals surface area contributed by atoms with E-state index >= 15 is 0 Å². The van der Waals surface area contributed by atoms with E-state index in [-0.39, 0.29) is 25.0 Å². The third-order valence-corrected chi connectivity index (χ3v) is 5.45. The maximum atomic E-state index is 12.3. The second-order valence-corrected chi connectivity index (χ2v) is 9.36. The van der Waals surface area contributed by atoms with Gasteiger partial charge in [0, 0.05) is 21.5 Å². The van der Waals surface area contributed by atoms with E-state index in [2.05, 4.69) is 0 Å². The van der Waals surface area contributed by atoms with Gasteiger partial charge in [0.15, 0.2) is 13.2 Å². The number of benzene rings is 3. The first-order chi connectivity index (χ1) is 16.2. The molecule has 0 amide bonds. The van der Waals surface area contributed by atoms with Gasteiger partial charge in [-0.2, -0.15) is 0 Å². The highest BCUT2D eigenvalue weighted by Crippen LogP contribution is 2.44. The van der Waals surface area contributed by atoms with Gasteiger partial charge in [-0.15, -0.1) is 0 Å². The Morgan fingerprint density at radius 2 is 1.21 bits per heavy atom. The number of carbonyl (C=O) groups is 2. The molecule has 3 rings (SSSR count). The van der Waals surface area contributed by atoms with Crippen LogP contribution in [0.3, 0.4) is 0 Å². The molecule has 0 atom stereocenters. The summed E-state index contributed by atoms with van der Waals surface area (Å²) < 4.78 is 22.7. The van der Waals surface area contributed by atoms with E-state index in [4.69, 9.17) is 18.9 Å². The molecule has 0 heterocycles. The molecule has 0 unspecified atom stereocenters. The van der Waals surface area contributed by atoms with Crippen LogP contribution in [0.4, 0.5) is 0 Å². The summed E-state index contributed by atoms with van der Waals surface area (Å²) in [6.45, 7) is 12.3. The number of fused-ring (bicyclic) bond motifs is 2. The van der Waals surface area contributed by atoms with Crippen LogP contribution in [-0.4, -0.2) is 38.4 Å². The van der Waals surface area contributed by atoms with Gasteiger partial charge in [0.05, 0.1) is 13.2 Å². The average molecular weight is 467 g/mol. The summed E-state index contributed by atoms with van der Waals surface area (Å²) in [5.74, 6) is 0.861. The molecule has 3 aromatic rings. The molecule has 0 aliphatic rings. The number of rotatable bonds is 10. The third-order valence-electron chi connectivity index (χ3n) is 5.45. The SMILES string of the molecule is Cc1ccc2c(OCC(=O)OCC(C)C)c3ccccc3c(OCC(=O)OCC(C)C)c2c1C. The molecule has 0 saturated carbocycles. The maximum Gasteiger partial charge on any atom is 0.344 e. The molecule has 0 spiro atoms. The van der Waals surface area contributed by atoms with Gasteiger partial charge in [-0.05, 0) is 36.8 Å². The summed E-state index contributed by atoms with van der Waals surface area (Å²) >= 11 is 0. The van der Waals surface area contributed by atoms with Crippen molar-refractivity contribution in [3.63, 3.8) is 0 Å². The Balaban J connectivity index is 2.03. The van der Waals surface area contributed by atoms with Crippen LogP contribution in [0.2, 0.25) is 0 Å². The molecule has 6 heteroatoms. The largest absolute Gasteiger partial charge is 0.481 e. The van der Waals surface area contributed by atoms with Gasteiger partial charge in [0.1, 0.15) is 11.5 Å². The van der Waals surface area contributed by atoms with Gasteiger partial charge >= 0.3 is 11.9 Å². The van der Waals surface area contributed by atoms with Crippen LogP contribution >= 0.6 is 0 Å². The van der Waals surface area contributed by atoms with Crippen LogP contribution in [0.5, 0.6) is 11.5 Å². The summed E-state index contributed by atoms with van der Waals surface area (Å²) in [6.07, 6.45) is 0. The van der Waals surface area contributed by atoms with E-state index in [1.165, 1.54) is 0 Å². The van der Waals surface area contributed by atoms with Crippen molar-refractivity contribution in [3.05, 3.63) is 47.5 Å². The Kier molecular flexibility index (Phi) is 8.37. The van der Waals surface area contributed by atoms with E-state index in [1.807, 2.05) is 77.9 Å². The third kappa shape index (κ3) is 5.99. The highest BCUT2D eigenvalue weighted by molar-refractivity contribution is 6.12. The summed E-state index contributed by atoms with van der Waals surface area (Å²) in [4.78, 5) is 24.5. The average Bonchev–Trinajstić information content (AvgIpc) is 2.80. The lowest BCUT2D eigenvalue weighted by Gasteiger charge is -2.19. The molecule has 0 fully saturated rings. The van der Waals surface area contributed by atoms with E-state index in [1.54, 1.807) is 0 Å². The summed E-state index contributed by atoms with van der Waals surface area (Å²) in [6, 6.07) is 11.6. The second kappa shape index (κ2) is 11.2. The van der Waals surface area contributed by atoms with Crippen molar-refractivity contribution < 1.29 is 28.5 Å². The van der Waals surface area contributed by atoms with Crippen molar-refractivity contribution in [3.8, 4) is 11.5 Å². The lowest BCUT2D eigenvalue weighted by Crippen LogP contribution is -2.18. The molecule has 3 aromatic carbocycles. The van der Waals surface area contributed by atoms with Crippen LogP contribution < -0.4 is 9.47 Å². The molecule has 0 radical (unpaired) electrons. The molecule has 0 aliphatic carbocycles. The standard InChI is InChI=1S/C28H34O6/c1-17(2)13-31-24(29)15-33-27-21-9-7-8-10-22(21)28(34-16-25(30)32-14-18(3)4)26-20(6)19(5)11-12-23(26)27/h7-12,17-18H,13-16H2,1-6H3. The normalized spacial score (nSPS) is 11.3. The monoisotopic (exact) mass is 466 g/mol. The van der Waals surface area contributed by atoms with E-state index in [0.29, 0.717) is 24.7 Å². The topological polar surface area (TPSA) is 71.1 Å². The minimum Gasteiger partial charge on any atom is -0.481 e. The first-order valence-electron chi connectivity index (χ1n) is 11.7. The van der Waals surface area contributed by atoms with Crippen molar-refractivity contribution >= 4 is 33.5 Å². The fraction of sp³-hybridized carbons (Fsp3) is 0.429. The molecule has 0 aliphatic heterocycles. The smallest absolute Gasteiger partial charge is 0.344 e. The number of hydrogen-bond acceptors (Lipinski definition) is 6. The second-order valence-electron chi connectivity index (χ2n) is 9.36. The molecule has 6 nitrogen and oxygen atoms in total. The van der Waals surface area contributed by atoms with E-state index in [9.17, 15) is 9.59 Å². The van der Waals surface area contributed by atoms with Crippen molar-refractivity contribution in [1.82, 2.24) is 0 Å². The predicted octanol–water partition coefficient (Wildman–Crippen LogP) is 5.77. The zero-order chi connectivity index (χ0) is 24.8. The molecule has 0 saturated heterocycles. The minimum atomic E-state index is -0.414. The Morgan fingerprint density at radius 3 is 1.74 bits per heavy atom. The van der Waals surface area contributed by atoms with Crippen LogP contribution in [0.15, 0.2) is 36.4 Å². The first kappa shape index (κ1) is 25.3. The quantitative estimate of drug-likeness (QED) is 0.279. The molecular weight excluding hydrogens is 432 g/mol. The Hall–Kier alpha value is -3.28. The van der Waals surface area contributed by atoms with Crippen molar-refractivity contribution in [2.75, 3.05) is 26.4 Å². The van der Waals surface area contributed by atoms with Crippen molar-refractivity contribution in [2.45, 2.75) is 41.5 Å². The molecule has 0 aromatic heterocycles. The zero-order valence-electron chi connectivity index (χ0n) is 20.9. The van der Waals surface area contributed by atoms with Gasteiger partial charge in [-0.25, -0.2) is 9.59 Å². The fourth-order valence-electron chi connectivity index (χ4n) is 3.63. The maximum absolute atomic E-state index is 12.3. The van der Waals surface area contributed by atoms with Gasteiger partial charge in [-0.1, -0.05) is 64.1 Å². The molecule has 0 N–H and O–H groups in total. The number of carbonyl (C=O) groups excluding carboxylic acids is 2. The summed E-state index contributed by atoms with van der Waals surface area (Å²) in [5, 5.41) is 3.25. The van der Waals surface area contributed by atoms with Gasteiger partial charge in [0.25, 0.3) is 0 Å². The van der Waals surface area contributed by atoms with Gasteiger partial charge in [-0.3, -0.25) is 0 Å². The Morgan fingerprint density at radius 1 is 0.706 bits per heavy atom. The molecule has 182 valence electrons. The number of hydrogen-bond donors (Lipinski definition) is 0. The van der Waals surface area contributed by atoms with Crippen LogP contribution in [-0.2, 0) is 19.1 Å². The summed E-state index contributed by atoms with van der Waals surface area (Å²) in [5.41, 5.74) is 2.10. The predicted molar refractivity (Wildman–Crippen MR) is 134 cm³/mol. The van der Waals surface area contributed by atoms with Gasteiger partial charge in [0.2, 0.25) is 0 Å². The Bertz CT molecular complexity index is 1180. The van der Waals surface area contributed by atoms with Gasteiger partial charge < -0.3 is 18.9 Å². The Labute approximate surface area is 201 Å². The highest BCUT2D eigenvalue weighted by Gasteiger charge is 2.20. The molecule has 34 heavy (non-hydrogen) atoms. The first-order valence-corrected chi connectivity index (χ1v) is 11.7. The van der Waals surface area contributed by atoms with Crippen molar-refractivity contribution in [1.29, 1.82) is 0 Å². The number of ether oxygens (including phenoxy) is 4. The highest BCUT2D eigenvalue weighted by atomic mass is 16.6. The minimum absolute atomic E-state index is 0.194. The van der Waals surface area contributed by atoms with E-state index in [0.717, 1.165) is 32.7 Å². The van der Waals surface area contributed by atoms with Crippen molar-refractivity contribution in [2.24, 2.45) is 11.8 Å². The van der Waals surface area contributed by atoms with Crippen LogP contribution in [0.1, 0.15) is 38.8 Å². The number of esters is 2. The van der Waals surface area contributed by atoms with Crippen LogP contribution in [0.25, 0.3) is 21.5 Å². The summed E-state index contributed by atoms with van der Waals surface area (Å²) in [7, 11) is 0. The number of aryl methyl sites for hydroxylation is 2. The van der Waals surface area contributed by atoms with E-state index < -0.39 is 11.9 Å². The zero-order valence-corrected chi connectivity index (χ0v) is 20.9.